The summed E-state index contributed by atoms with van der Waals surface area (Å²) < 4.78 is 5.95. The Labute approximate surface area is 148 Å². The molecule has 0 aliphatic carbocycles. The Balaban J connectivity index is 2.03. The summed E-state index contributed by atoms with van der Waals surface area (Å²) in [6.45, 7) is 0. The maximum Gasteiger partial charge on any atom is 0.313 e. The van der Waals surface area contributed by atoms with Gasteiger partial charge in [0.2, 0.25) is 0 Å². The van der Waals surface area contributed by atoms with Crippen LogP contribution in [-0.4, -0.2) is 28.9 Å². The highest BCUT2D eigenvalue weighted by atomic mass is 32.2. The summed E-state index contributed by atoms with van der Waals surface area (Å²) in [5, 5.41) is 8.88. The van der Waals surface area contributed by atoms with Gasteiger partial charge < -0.3 is 9.84 Å². The molecule has 0 aliphatic rings. The number of thioether (sulfide) groups is 1. The standard InChI is InChI=1S/C18H15NO3S2/c1-22-14-9-7-12(8-10-14)16-17(13-5-3-2-4-6-13)24-18(19-16)23-11-15(20)21/h2-10H,11H2,1H3,(H,20,21). The minimum absolute atomic E-state index is 0.00377. The molecule has 0 unspecified atom stereocenters. The maximum atomic E-state index is 10.8. The molecule has 0 bridgehead atoms. The lowest BCUT2D eigenvalue weighted by Crippen LogP contribution is -1.96. The van der Waals surface area contributed by atoms with Crippen LogP contribution < -0.4 is 4.74 Å². The van der Waals surface area contributed by atoms with Crippen LogP contribution >= 0.6 is 23.1 Å². The third-order valence-electron chi connectivity index (χ3n) is 3.33. The molecule has 3 rings (SSSR count). The number of rotatable bonds is 6. The van der Waals surface area contributed by atoms with Gasteiger partial charge in [-0.05, 0) is 29.8 Å². The van der Waals surface area contributed by atoms with E-state index in [1.165, 1.54) is 23.1 Å². The largest absolute Gasteiger partial charge is 0.497 e. The first-order valence-corrected chi connectivity index (χ1v) is 9.03. The third kappa shape index (κ3) is 3.77. The predicted octanol–water partition coefficient (Wildman–Crippen LogP) is 4.66. The van der Waals surface area contributed by atoms with Crippen molar-refractivity contribution >= 4 is 29.1 Å². The van der Waals surface area contributed by atoms with E-state index in [4.69, 9.17) is 9.84 Å². The minimum Gasteiger partial charge on any atom is -0.497 e. The molecule has 1 N–H and O–H groups in total. The van der Waals surface area contributed by atoms with E-state index in [1.54, 1.807) is 7.11 Å². The van der Waals surface area contributed by atoms with Gasteiger partial charge in [0.15, 0.2) is 4.34 Å². The van der Waals surface area contributed by atoms with Crippen LogP contribution in [0.15, 0.2) is 58.9 Å². The zero-order chi connectivity index (χ0) is 16.9. The molecule has 0 amide bonds. The Morgan fingerprint density at radius 3 is 2.46 bits per heavy atom. The Kier molecular flexibility index (Phi) is 5.17. The lowest BCUT2D eigenvalue weighted by molar-refractivity contribution is -0.133. The molecule has 0 atom stereocenters. The topological polar surface area (TPSA) is 59.4 Å². The van der Waals surface area contributed by atoms with Crippen molar-refractivity contribution in [2.24, 2.45) is 0 Å². The van der Waals surface area contributed by atoms with Gasteiger partial charge in [0, 0.05) is 5.56 Å². The molecular formula is C18H15NO3S2. The molecule has 0 saturated heterocycles. The number of hydrogen-bond donors (Lipinski definition) is 1. The van der Waals surface area contributed by atoms with Gasteiger partial charge in [-0.3, -0.25) is 4.79 Å². The van der Waals surface area contributed by atoms with Crippen LogP contribution in [0.3, 0.4) is 0 Å². The Morgan fingerprint density at radius 2 is 1.83 bits per heavy atom. The number of carbonyl (C=O) groups is 1. The lowest BCUT2D eigenvalue weighted by Gasteiger charge is -2.04. The zero-order valence-corrected chi connectivity index (χ0v) is 14.6. The van der Waals surface area contributed by atoms with Crippen LogP contribution in [0, 0.1) is 0 Å². The number of carboxylic acids is 1. The first-order valence-electron chi connectivity index (χ1n) is 7.22. The molecule has 3 aromatic rings. The van der Waals surface area contributed by atoms with E-state index < -0.39 is 5.97 Å². The number of aromatic nitrogens is 1. The van der Waals surface area contributed by atoms with E-state index in [9.17, 15) is 4.79 Å². The van der Waals surface area contributed by atoms with E-state index >= 15 is 0 Å². The van der Waals surface area contributed by atoms with E-state index in [0.29, 0.717) is 0 Å². The number of carboxylic acid groups (broad SMARTS) is 1. The average molecular weight is 357 g/mol. The molecule has 0 spiro atoms. The van der Waals surface area contributed by atoms with Crippen molar-refractivity contribution in [2.45, 2.75) is 4.34 Å². The van der Waals surface area contributed by atoms with Crippen molar-refractivity contribution in [3.63, 3.8) is 0 Å². The molecule has 4 nitrogen and oxygen atoms in total. The fourth-order valence-electron chi connectivity index (χ4n) is 2.22. The van der Waals surface area contributed by atoms with Crippen LogP contribution in [-0.2, 0) is 4.79 Å². The fourth-order valence-corrected chi connectivity index (χ4v) is 4.11. The lowest BCUT2D eigenvalue weighted by atomic mass is 10.1. The number of benzene rings is 2. The van der Waals surface area contributed by atoms with E-state index in [1.807, 2.05) is 54.6 Å². The van der Waals surface area contributed by atoms with Crippen molar-refractivity contribution in [1.82, 2.24) is 4.98 Å². The van der Waals surface area contributed by atoms with Crippen LogP contribution in [0.1, 0.15) is 0 Å². The highest BCUT2D eigenvalue weighted by Gasteiger charge is 2.16. The van der Waals surface area contributed by atoms with Crippen LogP contribution in [0.25, 0.3) is 21.7 Å². The van der Waals surface area contributed by atoms with Gasteiger partial charge in [-0.2, -0.15) is 0 Å². The monoisotopic (exact) mass is 357 g/mol. The Morgan fingerprint density at radius 1 is 1.12 bits per heavy atom. The van der Waals surface area contributed by atoms with Gasteiger partial charge in [0.05, 0.1) is 23.4 Å². The molecule has 0 radical (unpaired) electrons. The van der Waals surface area contributed by atoms with Gasteiger partial charge in [0.25, 0.3) is 0 Å². The smallest absolute Gasteiger partial charge is 0.313 e. The van der Waals surface area contributed by atoms with Gasteiger partial charge in [-0.1, -0.05) is 42.1 Å². The SMILES string of the molecule is COc1ccc(-c2nc(SCC(=O)O)sc2-c2ccccc2)cc1. The van der Waals surface area contributed by atoms with Gasteiger partial charge >= 0.3 is 5.97 Å². The van der Waals surface area contributed by atoms with Crippen molar-refractivity contribution in [3.8, 4) is 27.4 Å². The molecule has 0 saturated carbocycles. The average Bonchev–Trinajstić information content (AvgIpc) is 3.05. The number of aliphatic carboxylic acids is 1. The van der Waals surface area contributed by atoms with Crippen LogP contribution in [0.5, 0.6) is 5.75 Å². The van der Waals surface area contributed by atoms with E-state index in [2.05, 4.69) is 4.98 Å². The van der Waals surface area contributed by atoms with E-state index in [0.717, 1.165) is 31.8 Å². The van der Waals surface area contributed by atoms with Gasteiger partial charge in [-0.25, -0.2) is 4.98 Å². The van der Waals surface area contributed by atoms with Crippen LogP contribution in [0.4, 0.5) is 0 Å². The molecule has 1 aromatic heterocycles. The van der Waals surface area contributed by atoms with Gasteiger partial charge in [-0.15, -0.1) is 11.3 Å². The number of hydrogen-bond acceptors (Lipinski definition) is 5. The summed E-state index contributed by atoms with van der Waals surface area (Å²) in [7, 11) is 1.63. The van der Waals surface area contributed by atoms with Crippen molar-refractivity contribution in [1.29, 1.82) is 0 Å². The van der Waals surface area contributed by atoms with Crippen LogP contribution in [0.2, 0.25) is 0 Å². The first kappa shape index (κ1) is 16.5. The Bertz CT molecular complexity index is 829. The van der Waals surface area contributed by atoms with E-state index in [-0.39, 0.29) is 5.75 Å². The Hall–Kier alpha value is -2.31. The molecule has 0 aliphatic heterocycles. The molecule has 6 heteroatoms. The van der Waals surface area contributed by atoms with Crippen molar-refractivity contribution in [2.75, 3.05) is 12.9 Å². The second kappa shape index (κ2) is 7.51. The normalized spacial score (nSPS) is 10.5. The number of ether oxygens (including phenoxy) is 1. The molecule has 2 aromatic carbocycles. The fraction of sp³-hybridized carbons (Fsp3) is 0.111. The summed E-state index contributed by atoms with van der Waals surface area (Å²) >= 11 is 2.76. The van der Waals surface area contributed by atoms with Crippen molar-refractivity contribution < 1.29 is 14.6 Å². The molecular weight excluding hydrogens is 342 g/mol. The van der Waals surface area contributed by atoms with Crippen molar-refractivity contribution in [3.05, 3.63) is 54.6 Å². The zero-order valence-electron chi connectivity index (χ0n) is 12.9. The summed E-state index contributed by atoms with van der Waals surface area (Å²) in [5.41, 5.74) is 2.91. The summed E-state index contributed by atoms with van der Waals surface area (Å²) in [5.74, 6) is -0.0535. The minimum atomic E-state index is -0.845. The summed E-state index contributed by atoms with van der Waals surface area (Å²) in [6.07, 6.45) is 0. The highest BCUT2D eigenvalue weighted by molar-refractivity contribution is 8.01. The maximum absolute atomic E-state index is 10.8. The second-order valence-electron chi connectivity index (χ2n) is 4.93. The second-order valence-corrected chi connectivity index (χ2v) is 7.16. The quantitative estimate of drug-likeness (QED) is 0.650. The number of methoxy groups -OCH3 is 1. The molecule has 1 heterocycles. The first-order chi connectivity index (χ1) is 11.7. The molecule has 24 heavy (non-hydrogen) atoms. The number of thiazole rings is 1. The van der Waals surface area contributed by atoms with Gasteiger partial charge in [0.1, 0.15) is 5.75 Å². The highest BCUT2D eigenvalue weighted by Crippen LogP contribution is 2.40. The summed E-state index contributed by atoms with van der Waals surface area (Å²) in [6, 6.07) is 17.7. The predicted molar refractivity (Wildman–Crippen MR) is 97.9 cm³/mol. The molecule has 122 valence electrons. The third-order valence-corrected chi connectivity index (χ3v) is 5.56. The number of nitrogens with zero attached hydrogens (tertiary/aromatic N) is 1. The summed E-state index contributed by atoms with van der Waals surface area (Å²) in [4.78, 5) is 16.5. The molecule has 0 fully saturated rings.